The number of aromatic nitrogens is 2. The molecule has 3 aromatic carbocycles. The number of aromatic hydroxyl groups is 1. The van der Waals surface area contributed by atoms with E-state index in [-0.39, 0.29) is 12.4 Å². The van der Waals surface area contributed by atoms with Crippen LogP contribution in [-0.4, -0.2) is 35.5 Å². The quantitative estimate of drug-likeness (QED) is 0.269. The van der Waals surface area contributed by atoms with Crippen LogP contribution in [0, 0.1) is 0 Å². The monoisotopic (exact) mass is 524 g/mol. The summed E-state index contributed by atoms with van der Waals surface area (Å²) in [6.07, 6.45) is 0. The molecule has 1 N–H and O–H groups in total. The van der Waals surface area contributed by atoms with Crippen LogP contribution in [0.1, 0.15) is 30.9 Å². The van der Waals surface area contributed by atoms with Crippen molar-refractivity contribution in [2.75, 3.05) is 20.8 Å². The second-order valence-corrected chi connectivity index (χ2v) is 9.16. The van der Waals surface area contributed by atoms with Crippen LogP contribution in [0.5, 0.6) is 17.2 Å². The van der Waals surface area contributed by atoms with Crippen LogP contribution in [-0.2, 0) is 17.9 Å². The number of phenols is 1. The van der Waals surface area contributed by atoms with Crippen LogP contribution in [0.4, 0.5) is 0 Å². The Morgan fingerprint density at radius 1 is 1.03 bits per heavy atom. The third-order valence-electron chi connectivity index (χ3n) is 5.82. The van der Waals surface area contributed by atoms with Gasteiger partial charge in [-0.25, -0.2) is 4.98 Å². The molecule has 0 bridgehead atoms. The number of fused-ring (bicyclic) bond motifs is 1. The largest absolute Gasteiger partial charge is 0.504 e. The highest BCUT2D eigenvalue weighted by Crippen LogP contribution is 2.39. The third kappa shape index (κ3) is 4.76. The minimum atomic E-state index is 0.0997. The highest BCUT2D eigenvalue weighted by Gasteiger charge is 2.21. The van der Waals surface area contributed by atoms with Gasteiger partial charge in [-0.2, -0.15) is 0 Å². The van der Waals surface area contributed by atoms with E-state index in [2.05, 4.69) is 58.6 Å². The Labute approximate surface area is 208 Å². The molecule has 0 radical (unpaired) electrons. The number of benzene rings is 3. The average molecular weight is 525 g/mol. The lowest BCUT2D eigenvalue weighted by Crippen LogP contribution is -2.07. The van der Waals surface area contributed by atoms with Crippen LogP contribution in [0.25, 0.3) is 22.4 Å². The van der Waals surface area contributed by atoms with E-state index < -0.39 is 0 Å². The highest BCUT2D eigenvalue weighted by molar-refractivity contribution is 9.10. The molecule has 1 heterocycles. The van der Waals surface area contributed by atoms with Gasteiger partial charge in [-0.1, -0.05) is 50.2 Å². The fraction of sp³-hybridized carbons (Fsp3) is 0.296. The summed E-state index contributed by atoms with van der Waals surface area (Å²) in [6.45, 7) is 5.78. The van der Waals surface area contributed by atoms with Gasteiger partial charge in [0.15, 0.2) is 11.5 Å². The number of phenolic OH excluding ortho intramolecular Hbond substituents is 1. The third-order valence-corrected chi connectivity index (χ3v) is 6.70. The van der Waals surface area contributed by atoms with Gasteiger partial charge < -0.3 is 23.9 Å². The summed E-state index contributed by atoms with van der Waals surface area (Å²) in [5, 5.41) is 10.0. The zero-order chi connectivity index (χ0) is 24.2. The Kier molecular flexibility index (Phi) is 7.44. The zero-order valence-electron chi connectivity index (χ0n) is 19.8. The molecular weight excluding hydrogens is 496 g/mol. The van der Waals surface area contributed by atoms with E-state index in [0.717, 1.165) is 32.5 Å². The number of imidazole rings is 1. The molecule has 4 aromatic rings. The number of para-hydroxylation sites is 2. The fourth-order valence-electron chi connectivity index (χ4n) is 3.93. The van der Waals surface area contributed by atoms with E-state index in [4.69, 9.17) is 19.2 Å². The van der Waals surface area contributed by atoms with Crippen molar-refractivity contribution < 1.29 is 19.3 Å². The molecule has 0 saturated carbocycles. The molecule has 0 aliphatic carbocycles. The van der Waals surface area contributed by atoms with Gasteiger partial charge in [-0.3, -0.25) is 0 Å². The first kappa shape index (κ1) is 24.1. The molecule has 0 spiro atoms. The van der Waals surface area contributed by atoms with E-state index >= 15 is 0 Å². The van der Waals surface area contributed by atoms with Crippen LogP contribution >= 0.6 is 15.9 Å². The maximum Gasteiger partial charge on any atom is 0.161 e. The van der Waals surface area contributed by atoms with Crippen molar-refractivity contribution in [1.82, 2.24) is 9.55 Å². The Bertz CT molecular complexity index is 1280. The molecule has 6 nitrogen and oxygen atoms in total. The van der Waals surface area contributed by atoms with Crippen LogP contribution in [0.2, 0.25) is 0 Å². The number of methoxy groups -OCH3 is 2. The summed E-state index contributed by atoms with van der Waals surface area (Å²) in [5.41, 5.74) is 4.85. The molecule has 0 fully saturated rings. The zero-order valence-corrected chi connectivity index (χ0v) is 21.4. The summed E-state index contributed by atoms with van der Waals surface area (Å²) in [6, 6.07) is 17.4. The van der Waals surface area contributed by atoms with Gasteiger partial charge in [0, 0.05) is 24.8 Å². The van der Waals surface area contributed by atoms with Gasteiger partial charge in [0.05, 0.1) is 18.2 Å². The minimum Gasteiger partial charge on any atom is -0.504 e. The first-order valence-electron chi connectivity index (χ1n) is 11.2. The van der Waals surface area contributed by atoms with Gasteiger partial charge in [0.2, 0.25) is 0 Å². The van der Waals surface area contributed by atoms with Crippen molar-refractivity contribution >= 4 is 27.0 Å². The van der Waals surface area contributed by atoms with Crippen molar-refractivity contribution in [3.8, 4) is 28.6 Å². The Morgan fingerprint density at radius 2 is 1.76 bits per heavy atom. The van der Waals surface area contributed by atoms with Crippen molar-refractivity contribution in [3.05, 3.63) is 70.2 Å². The molecule has 178 valence electrons. The summed E-state index contributed by atoms with van der Waals surface area (Å²) >= 11 is 3.75. The first-order valence-corrected chi connectivity index (χ1v) is 12.0. The second-order valence-electron chi connectivity index (χ2n) is 8.36. The minimum absolute atomic E-state index is 0.0997. The topological polar surface area (TPSA) is 65.7 Å². The van der Waals surface area contributed by atoms with Crippen molar-refractivity contribution in [2.24, 2.45) is 0 Å². The number of halogens is 1. The standard InChI is InChI=1S/C27H29BrN2O4/c1-17(2)18-9-11-19(12-10-18)27-29-25-24(28)20(16-34-22-8-6-5-7-21(22)31)15-23(33-4)26(25)30(27)13-14-32-3/h5-12,15,17,31H,13-14,16H2,1-4H3. The maximum atomic E-state index is 10.0. The van der Waals surface area contributed by atoms with Gasteiger partial charge in [-0.05, 0) is 45.6 Å². The molecule has 34 heavy (non-hydrogen) atoms. The van der Waals surface area contributed by atoms with E-state index in [1.165, 1.54) is 5.56 Å². The van der Waals surface area contributed by atoms with Crippen LogP contribution in [0.3, 0.4) is 0 Å². The smallest absolute Gasteiger partial charge is 0.161 e. The molecule has 0 unspecified atom stereocenters. The normalized spacial score (nSPS) is 11.4. The summed E-state index contributed by atoms with van der Waals surface area (Å²) < 4.78 is 20.0. The maximum absolute atomic E-state index is 10.0. The summed E-state index contributed by atoms with van der Waals surface area (Å²) in [5.74, 6) is 2.53. The Balaban J connectivity index is 1.81. The lowest BCUT2D eigenvalue weighted by molar-refractivity contribution is 0.188. The molecule has 0 aliphatic heterocycles. The molecule has 4 rings (SSSR count). The number of ether oxygens (including phenoxy) is 3. The van der Waals surface area contributed by atoms with Crippen molar-refractivity contribution in [2.45, 2.75) is 32.9 Å². The second kappa shape index (κ2) is 10.5. The Hall–Kier alpha value is -3.03. The molecule has 0 saturated heterocycles. The number of hydrogen-bond donors (Lipinski definition) is 1. The van der Waals surface area contributed by atoms with E-state index in [1.54, 1.807) is 32.4 Å². The van der Waals surface area contributed by atoms with Crippen molar-refractivity contribution in [3.63, 3.8) is 0 Å². The predicted octanol–water partition coefficient (Wildman–Crippen LogP) is 6.53. The molecule has 0 atom stereocenters. The SMILES string of the molecule is COCCn1c(-c2ccc(C(C)C)cc2)nc2c(Br)c(COc3ccccc3O)cc(OC)c21. The van der Waals surface area contributed by atoms with Gasteiger partial charge >= 0.3 is 0 Å². The summed E-state index contributed by atoms with van der Waals surface area (Å²) in [4.78, 5) is 5.03. The predicted molar refractivity (Wildman–Crippen MR) is 138 cm³/mol. The highest BCUT2D eigenvalue weighted by atomic mass is 79.9. The molecule has 1 aromatic heterocycles. The van der Waals surface area contributed by atoms with E-state index in [0.29, 0.717) is 30.6 Å². The Morgan fingerprint density at radius 3 is 2.41 bits per heavy atom. The van der Waals surface area contributed by atoms with Gasteiger partial charge in [-0.15, -0.1) is 0 Å². The van der Waals surface area contributed by atoms with E-state index in [1.807, 2.05) is 12.1 Å². The molecule has 0 aliphatic rings. The molecule has 0 amide bonds. The number of hydrogen-bond acceptors (Lipinski definition) is 5. The molecule has 7 heteroatoms. The summed E-state index contributed by atoms with van der Waals surface area (Å²) in [7, 11) is 3.35. The van der Waals surface area contributed by atoms with E-state index in [9.17, 15) is 5.11 Å². The molecular formula is C27H29BrN2O4. The lowest BCUT2D eigenvalue weighted by Gasteiger charge is -2.14. The van der Waals surface area contributed by atoms with Crippen LogP contribution < -0.4 is 9.47 Å². The van der Waals surface area contributed by atoms with Gasteiger partial charge in [0.1, 0.15) is 29.2 Å². The van der Waals surface area contributed by atoms with Crippen molar-refractivity contribution in [1.29, 1.82) is 0 Å². The number of nitrogens with zero attached hydrogens (tertiary/aromatic N) is 2. The first-order chi connectivity index (χ1) is 16.4. The van der Waals surface area contributed by atoms with Crippen LogP contribution in [0.15, 0.2) is 59.1 Å². The lowest BCUT2D eigenvalue weighted by atomic mass is 10.0. The fourth-order valence-corrected chi connectivity index (χ4v) is 4.44. The average Bonchev–Trinajstić information content (AvgIpc) is 3.23. The van der Waals surface area contributed by atoms with Gasteiger partial charge in [0.25, 0.3) is 0 Å². The number of rotatable bonds is 9.